The molecular weight excluding hydrogens is 338 g/mol. The highest BCUT2D eigenvalue weighted by Gasteiger charge is 2.20. The Labute approximate surface area is 153 Å². The molecule has 2 aromatic carbocycles. The molecule has 5 heteroatoms. The third-order valence-corrected chi connectivity index (χ3v) is 4.87. The Balaban J connectivity index is 1.77. The molecule has 1 amide bonds. The van der Waals surface area contributed by atoms with Crippen molar-refractivity contribution in [2.24, 2.45) is 0 Å². The molecule has 0 N–H and O–H groups in total. The maximum atomic E-state index is 12.6. The molecule has 0 unspecified atom stereocenters. The number of likely N-dealkylation sites (tertiary alicyclic amines) is 1. The van der Waals surface area contributed by atoms with Gasteiger partial charge in [0.05, 0.1) is 7.11 Å². The lowest BCUT2D eigenvalue weighted by Crippen LogP contribution is -2.27. The minimum atomic E-state index is 0.0729. The van der Waals surface area contributed by atoms with E-state index in [1.54, 1.807) is 7.11 Å². The molecule has 25 heavy (non-hydrogen) atoms. The average molecular weight is 360 g/mol. The molecule has 0 bridgehead atoms. The van der Waals surface area contributed by atoms with Crippen molar-refractivity contribution in [3.05, 3.63) is 58.1 Å². The molecule has 132 valence electrons. The Morgan fingerprint density at radius 3 is 2.60 bits per heavy atom. The van der Waals surface area contributed by atoms with Crippen LogP contribution in [0.15, 0.2) is 36.4 Å². The zero-order valence-corrected chi connectivity index (χ0v) is 15.3. The normalized spacial score (nSPS) is 13.8. The van der Waals surface area contributed by atoms with Gasteiger partial charge in [-0.25, -0.2) is 0 Å². The number of carbonyl (C=O) groups excluding carboxylic acids is 1. The van der Waals surface area contributed by atoms with Crippen molar-refractivity contribution in [2.45, 2.75) is 26.4 Å². The minimum Gasteiger partial charge on any atom is -0.496 e. The first-order chi connectivity index (χ1) is 12.1. The number of nitrogens with zero attached hydrogens (tertiary/aromatic N) is 1. The number of carbonyl (C=O) groups is 1. The van der Waals surface area contributed by atoms with Gasteiger partial charge in [-0.1, -0.05) is 11.6 Å². The standard InChI is InChI=1S/C20H22ClNO3/c1-14-11-17(6-7-18(14)21)25-13-16-12-15(5-8-19(16)24-2)20(23)22-9-3-4-10-22/h5-8,11-12H,3-4,9-10,13H2,1-2H3. The molecule has 3 rings (SSSR count). The number of rotatable bonds is 5. The molecule has 1 fully saturated rings. The Morgan fingerprint density at radius 1 is 1.16 bits per heavy atom. The maximum absolute atomic E-state index is 12.6. The number of hydrogen-bond donors (Lipinski definition) is 0. The number of halogens is 1. The van der Waals surface area contributed by atoms with E-state index in [4.69, 9.17) is 21.1 Å². The molecule has 0 radical (unpaired) electrons. The number of amides is 1. The fourth-order valence-corrected chi connectivity index (χ4v) is 3.11. The second-order valence-corrected chi connectivity index (χ2v) is 6.63. The van der Waals surface area contributed by atoms with Crippen molar-refractivity contribution >= 4 is 17.5 Å². The highest BCUT2D eigenvalue weighted by Crippen LogP contribution is 2.26. The second-order valence-electron chi connectivity index (χ2n) is 6.23. The van der Waals surface area contributed by atoms with Gasteiger partial charge in [0, 0.05) is 29.2 Å². The summed E-state index contributed by atoms with van der Waals surface area (Å²) in [6.07, 6.45) is 2.15. The topological polar surface area (TPSA) is 38.8 Å². The van der Waals surface area contributed by atoms with Crippen LogP contribution >= 0.6 is 11.6 Å². The van der Waals surface area contributed by atoms with Crippen LogP contribution in [0.3, 0.4) is 0 Å². The van der Waals surface area contributed by atoms with Gasteiger partial charge in [-0.15, -0.1) is 0 Å². The number of methoxy groups -OCH3 is 1. The third kappa shape index (κ3) is 4.07. The van der Waals surface area contributed by atoms with Crippen LogP contribution in [0.5, 0.6) is 11.5 Å². The molecule has 2 aromatic rings. The van der Waals surface area contributed by atoms with Gasteiger partial charge in [0.25, 0.3) is 5.91 Å². The molecule has 0 spiro atoms. The fraction of sp³-hybridized carbons (Fsp3) is 0.350. The van der Waals surface area contributed by atoms with E-state index in [-0.39, 0.29) is 5.91 Å². The molecule has 1 aliphatic heterocycles. The second kappa shape index (κ2) is 7.79. The fourth-order valence-electron chi connectivity index (χ4n) is 3.00. The summed E-state index contributed by atoms with van der Waals surface area (Å²) in [5.74, 6) is 1.52. The smallest absolute Gasteiger partial charge is 0.253 e. The van der Waals surface area contributed by atoms with Gasteiger partial charge in [-0.2, -0.15) is 0 Å². The Kier molecular flexibility index (Phi) is 5.49. The van der Waals surface area contributed by atoms with E-state index in [2.05, 4.69) is 0 Å². The van der Waals surface area contributed by atoms with Crippen LogP contribution in [0.4, 0.5) is 0 Å². The third-order valence-electron chi connectivity index (χ3n) is 4.44. The summed E-state index contributed by atoms with van der Waals surface area (Å²) < 4.78 is 11.3. The molecule has 1 saturated heterocycles. The van der Waals surface area contributed by atoms with Crippen molar-refractivity contribution < 1.29 is 14.3 Å². The van der Waals surface area contributed by atoms with E-state index in [1.165, 1.54) is 0 Å². The van der Waals surface area contributed by atoms with Crippen molar-refractivity contribution in [2.75, 3.05) is 20.2 Å². The van der Waals surface area contributed by atoms with E-state index in [0.29, 0.717) is 22.9 Å². The molecule has 1 heterocycles. The lowest BCUT2D eigenvalue weighted by molar-refractivity contribution is 0.0792. The van der Waals surface area contributed by atoms with E-state index >= 15 is 0 Å². The molecule has 0 aliphatic carbocycles. The van der Waals surface area contributed by atoms with Crippen LogP contribution in [0.25, 0.3) is 0 Å². The highest BCUT2D eigenvalue weighted by atomic mass is 35.5. The van der Waals surface area contributed by atoms with E-state index in [0.717, 1.165) is 42.8 Å². The van der Waals surface area contributed by atoms with Gasteiger partial charge < -0.3 is 14.4 Å². The van der Waals surface area contributed by atoms with Crippen molar-refractivity contribution in [3.8, 4) is 11.5 Å². The lowest BCUT2D eigenvalue weighted by atomic mass is 10.1. The number of ether oxygens (including phenoxy) is 2. The molecular formula is C20H22ClNO3. The predicted molar refractivity (Wildman–Crippen MR) is 98.7 cm³/mol. The van der Waals surface area contributed by atoms with Crippen LogP contribution in [-0.2, 0) is 6.61 Å². The Bertz CT molecular complexity index is 770. The van der Waals surface area contributed by atoms with Crippen LogP contribution in [0.1, 0.15) is 34.3 Å². The SMILES string of the molecule is COc1ccc(C(=O)N2CCCC2)cc1COc1ccc(Cl)c(C)c1. The first kappa shape index (κ1) is 17.6. The summed E-state index contributed by atoms with van der Waals surface area (Å²) >= 11 is 6.05. The van der Waals surface area contributed by atoms with Gasteiger partial charge in [0.2, 0.25) is 0 Å². The summed E-state index contributed by atoms with van der Waals surface area (Å²) in [5.41, 5.74) is 2.48. The monoisotopic (exact) mass is 359 g/mol. The summed E-state index contributed by atoms with van der Waals surface area (Å²) in [7, 11) is 1.62. The Morgan fingerprint density at radius 2 is 1.92 bits per heavy atom. The largest absolute Gasteiger partial charge is 0.496 e. The number of aryl methyl sites for hydroxylation is 1. The van der Waals surface area contributed by atoms with Crippen molar-refractivity contribution in [1.29, 1.82) is 0 Å². The van der Waals surface area contributed by atoms with Gasteiger partial charge in [-0.05, 0) is 61.7 Å². The van der Waals surface area contributed by atoms with Crippen LogP contribution in [0, 0.1) is 6.92 Å². The summed E-state index contributed by atoms with van der Waals surface area (Å²) in [6.45, 7) is 3.93. The Hall–Kier alpha value is -2.20. The minimum absolute atomic E-state index is 0.0729. The van der Waals surface area contributed by atoms with Crippen molar-refractivity contribution in [3.63, 3.8) is 0 Å². The predicted octanol–water partition coefficient (Wildman–Crippen LogP) is 4.47. The zero-order valence-electron chi connectivity index (χ0n) is 14.5. The summed E-state index contributed by atoms with van der Waals surface area (Å²) in [4.78, 5) is 14.5. The van der Waals surface area contributed by atoms with Crippen LogP contribution in [0.2, 0.25) is 5.02 Å². The molecule has 1 aliphatic rings. The first-order valence-corrected chi connectivity index (χ1v) is 8.81. The molecule has 4 nitrogen and oxygen atoms in total. The van der Waals surface area contributed by atoms with E-state index in [1.807, 2.05) is 48.2 Å². The quantitative estimate of drug-likeness (QED) is 0.790. The van der Waals surface area contributed by atoms with Gasteiger partial charge in [-0.3, -0.25) is 4.79 Å². The van der Waals surface area contributed by atoms with E-state index in [9.17, 15) is 4.79 Å². The van der Waals surface area contributed by atoms with Gasteiger partial charge >= 0.3 is 0 Å². The molecule has 0 atom stereocenters. The number of benzene rings is 2. The van der Waals surface area contributed by atoms with E-state index < -0.39 is 0 Å². The van der Waals surface area contributed by atoms with Gasteiger partial charge in [0.15, 0.2) is 0 Å². The van der Waals surface area contributed by atoms with Gasteiger partial charge in [0.1, 0.15) is 18.1 Å². The molecule has 0 aromatic heterocycles. The first-order valence-electron chi connectivity index (χ1n) is 8.43. The number of hydrogen-bond acceptors (Lipinski definition) is 3. The average Bonchev–Trinajstić information content (AvgIpc) is 3.16. The van der Waals surface area contributed by atoms with Crippen LogP contribution < -0.4 is 9.47 Å². The zero-order chi connectivity index (χ0) is 17.8. The lowest BCUT2D eigenvalue weighted by Gasteiger charge is -2.17. The van der Waals surface area contributed by atoms with Crippen LogP contribution in [-0.4, -0.2) is 31.0 Å². The molecule has 0 saturated carbocycles. The maximum Gasteiger partial charge on any atom is 0.253 e. The van der Waals surface area contributed by atoms with Crippen molar-refractivity contribution in [1.82, 2.24) is 4.90 Å². The highest BCUT2D eigenvalue weighted by molar-refractivity contribution is 6.31. The summed E-state index contributed by atoms with van der Waals surface area (Å²) in [5, 5.41) is 0.711. The summed E-state index contributed by atoms with van der Waals surface area (Å²) in [6, 6.07) is 11.1.